The summed E-state index contributed by atoms with van der Waals surface area (Å²) >= 11 is 0. The lowest BCUT2D eigenvalue weighted by atomic mass is 9.83. The van der Waals surface area contributed by atoms with Crippen LogP contribution in [0.4, 0.5) is 5.69 Å². The Bertz CT molecular complexity index is 2300. The van der Waals surface area contributed by atoms with E-state index in [1.165, 1.54) is 18.2 Å². The summed E-state index contributed by atoms with van der Waals surface area (Å²) in [5.74, 6) is -2.22. The smallest absolute Gasteiger partial charge is 0.363 e. The maximum Gasteiger partial charge on any atom is 0.363 e. The number of anilines is 1. The van der Waals surface area contributed by atoms with Crippen molar-refractivity contribution < 1.29 is 33.9 Å². The summed E-state index contributed by atoms with van der Waals surface area (Å²) in [7, 11) is 0. The molecular weight excluding hydrogens is 646 g/mol. The monoisotopic (exact) mass is 688 g/mol. The molecule has 0 spiro atoms. The van der Waals surface area contributed by atoms with Gasteiger partial charge in [-0.2, -0.15) is 0 Å². The maximum absolute atomic E-state index is 13.5. The van der Waals surface area contributed by atoms with Crippen LogP contribution in [0, 0.1) is 0 Å². The zero-order valence-corrected chi connectivity index (χ0v) is 30.3. The number of hydroxylamine groups is 2. The van der Waals surface area contributed by atoms with E-state index in [-0.39, 0.29) is 40.6 Å². The number of allylic oxidation sites excluding steroid dienone is 2. The molecule has 10 heteroatoms. The number of ether oxygens (including phenoxy) is 1. The van der Waals surface area contributed by atoms with Gasteiger partial charge in [0.15, 0.2) is 5.54 Å². The summed E-state index contributed by atoms with van der Waals surface area (Å²) in [5, 5.41) is 12.7. The topological polar surface area (TPSA) is 116 Å². The number of benzene rings is 3. The van der Waals surface area contributed by atoms with Crippen LogP contribution in [0.2, 0.25) is 0 Å². The standard InChI is InChI=1S/C41H41N3O7/c1-9-42-31-18-33-29(16-26(31)22(3)20-40(42,5)6)37(30-17-27-23(4)21-41(7,8)43(10-2)32(27)19-34(30)50-33)28-15-24(11-12-25(28)38(47)48)39(49)51-44-35(45)13-14-36(44)46/h11-12,15-21H,9-10,13-14H2,1-8H3/p+1. The lowest BCUT2D eigenvalue weighted by Gasteiger charge is -2.43. The molecule has 7 rings (SSSR count). The molecule has 0 saturated carbocycles. The molecule has 3 aromatic carbocycles. The Morgan fingerprint density at radius 2 is 1.55 bits per heavy atom. The van der Waals surface area contributed by atoms with Gasteiger partial charge in [-0.1, -0.05) is 6.08 Å². The van der Waals surface area contributed by atoms with Crippen LogP contribution in [-0.4, -0.2) is 58.1 Å². The van der Waals surface area contributed by atoms with Gasteiger partial charge in [-0.15, -0.1) is 5.06 Å². The Balaban J connectivity index is 1.56. The average molecular weight is 689 g/mol. The van der Waals surface area contributed by atoms with E-state index in [0.29, 0.717) is 32.9 Å². The number of carboxylic acids is 1. The molecule has 0 radical (unpaired) electrons. The van der Waals surface area contributed by atoms with Crippen LogP contribution in [0.3, 0.4) is 0 Å². The van der Waals surface area contributed by atoms with Crippen molar-refractivity contribution in [3.63, 3.8) is 0 Å². The molecule has 51 heavy (non-hydrogen) atoms. The highest BCUT2D eigenvalue weighted by atomic mass is 16.7. The van der Waals surface area contributed by atoms with Crippen LogP contribution < -0.4 is 24.8 Å². The number of rotatable bonds is 6. The molecule has 0 aliphatic carbocycles. The molecule has 4 aliphatic heterocycles. The van der Waals surface area contributed by atoms with Crippen molar-refractivity contribution >= 4 is 46.2 Å². The van der Waals surface area contributed by atoms with E-state index in [0.717, 1.165) is 46.4 Å². The number of carboxylic acid groups (broad SMARTS) is 1. The second kappa shape index (κ2) is 11.8. The fourth-order valence-electron chi connectivity index (χ4n) is 8.34. The molecule has 4 heterocycles. The number of imide groups is 1. The van der Waals surface area contributed by atoms with Crippen LogP contribution in [0.25, 0.3) is 16.7 Å². The Hall–Kier alpha value is -5.51. The van der Waals surface area contributed by atoms with Crippen LogP contribution in [0.1, 0.15) is 111 Å². The van der Waals surface area contributed by atoms with Gasteiger partial charge in [-0.05, 0) is 94.7 Å². The first-order valence-corrected chi connectivity index (χ1v) is 17.4. The van der Waals surface area contributed by atoms with E-state index >= 15 is 0 Å². The number of likely N-dealkylation sites (N-methyl/N-ethyl adjacent to an activating group) is 2. The van der Waals surface area contributed by atoms with E-state index in [1.807, 2.05) is 12.1 Å². The largest absolute Gasteiger partial charge is 0.478 e. The van der Waals surface area contributed by atoms with Crippen LogP contribution in [0.5, 0.6) is 11.5 Å². The first-order chi connectivity index (χ1) is 24.1. The molecule has 0 atom stereocenters. The predicted octanol–water partition coefficient (Wildman–Crippen LogP) is 5.69. The Morgan fingerprint density at radius 3 is 2.20 bits per heavy atom. The second-order valence-corrected chi connectivity index (χ2v) is 14.7. The molecule has 0 aromatic heterocycles. The van der Waals surface area contributed by atoms with E-state index in [4.69, 9.17) is 9.57 Å². The third-order valence-corrected chi connectivity index (χ3v) is 10.5. The minimum Gasteiger partial charge on any atom is -0.478 e. The number of carbonyl (C=O) groups is 4. The molecule has 4 aliphatic rings. The summed E-state index contributed by atoms with van der Waals surface area (Å²) in [6.07, 6.45) is 4.37. The summed E-state index contributed by atoms with van der Waals surface area (Å²) < 4.78 is 9.13. The summed E-state index contributed by atoms with van der Waals surface area (Å²) in [4.78, 5) is 58.5. The molecular formula is C41H42N3O7+. The fourth-order valence-corrected chi connectivity index (χ4v) is 8.34. The van der Waals surface area contributed by atoms with Gasteiger partial charge >= 0.3 is 11.9 Å². The molecule has 0 bridgehead atoms. The van der Waals surface area contributed by atoms with Gasteiger partial charge in [-0.25, -0.2) is 14.2 Å². The Kier molecular flexibility index (Phi) is 7.85. The number of carbonyl (C=O) groups excluding carboxylic acids is 3. The number of hydrogen-bond acceptors (Lipinski definition) is 7. The van der Waals surface area contributed by atoms with Crippen molar-refractivity contribution in [3.8, 4) is 11.5 Å². The zero-order valence-electron chi connectivity index (χ0n) is 30.3. The summed E-state index contributed by atoms with van der Waals surface area (Å²) in [6, 6.07) is 12.3. The van der Waals surface area contributed by atoms with Gasteiger partial charge in [0.25, 0.3) is 11.8 Å². The van der Waals surface area contributed by atoms with Crippen molar-refractivity contribution in [2.75, 3.05) is 18.0 Å². The van der Waals surface area contributed by atoms with Crippen molar-refractivity contribution in [1.82, 2.24) is 9.64 Å². The van der Waals surface area contributed by atoms with Crippen molar-refractivity contribution in [2.24, 2.45) is 0 Å². The molecule has 1 N–H and O–H groups in total. The molecule has 3 aromatic rings. The van der Waals surface area contributed by atoms with E-state index in [9.17, 15) is 24.3 Å². The Morgan fingerprint density at radius 1 is 0.863 bits per heavy atom. The number of amides is 2. The predicted molar refractivity (Wildman–Crippen MR) is 194 cm³/mol. The van der Waals surface area contributed by atoms with E-state index in [2.05, 4.69) is 89.2 Å². The molecule has 1 fully saturated rings. The van der Waals surface area contributed by atoms with Gasteiger partial charge in [0.05, 0.1) is 22.7 Å². The third-order valence-electron chi connectivity index (χ3n) is 10.5. The van der Waals surface area contributed by atoms with Crippen LogP contribution >= 0.6 is 0 Å². The highest BCUT2D eigenvalue weighted by Crippen LogP contribution is 2.47. The number of fused-ring (bicyclic) bond motifs is 4. The van der Waals surface area contributed by atoms with Crippen molar-refractivity contribution in [1.29, 1.82) is 0 Å². The Labute approximate surface area is 296 Å². The molecule has 1 saturated heterocycles. The first kappa shape index (κ1) is 34.0. The van der Waals surface area contributed by atoms with Crippen molar-refractivity contribution in [3.05, 3.63) is 98.6 Å². The second-order valence-electron chi connectivity index (χ2n) is 14.7. The molecule has 10 nitrogen and oxygen atoms in total. The lowest BCUT2D eigenvalue weighted by molar-refractivity contribution is -0.172. The maximum atomic E-state index is 13.5. The average Bonchev–Trinajstić information content (AvgIpc) is 3.37. The third kappa shape index (κ3) is 5.35. The fraction of sp³-hybridized carbons (Fsp3) is 0.341. The van der Waals surface area contributed by atoms with Gasteiger partial charge in [0.2, 0.25) is 5.36 Å². The van der Waals surface area contributed by atoms with Gasteiger partial charge < -0.3 is 19.6 Å². The quantitative estimate of drug-likeness (QED) is 0.203. The minimum absolute atomic E-state index is 0.00881. The molecule has 262 valence electrons. The van der Waals surface area contributed by atoms with Crippen LogP contribution in [-0.2, 0) is 14.4 Å². The summed E-state index contributed by atoms with van der Waals surface area (Å²) in [5.41, 5.74) is 6.13. The van der Waals surface area contributed by atoms with Gasteiger partial charge in [0.1, 0.15) is 18.0 Å². The number of nitrogens with zero attached hydrogens (tertiary/aromatic N) is 3. The molecule has 2 amide bonds. The minimum atomic E-state index is -1.18. The summed E-state index contributed by atoms with van der Waals surface area (Å²) in [6.45, 7) is 18.6. The van der Waals surface area contributed by atoms with Crippen molar-refractivity contribution in [2.45, 2.75) is 79.3 Å². The number of hydrogen-bond donors (Lipinski definition) is 1. The highest BCUT2D eigenvalue weighted by molar-refractivity contribution is 6.04. The highest BCUT2D eigenvalue weighted by Gasteiger charge is 2.37. The molecule has 0 unspecified atom stereocenters. The van der Waals surface area contributed by atoms with E-state index in [1.54, 1.807) is 0 Å². The van der Waals surface area contributed by atoms with E-state index < -0.39 is 23.8 Å². The van der Waals surface area contributed by atoms with Gasteiger partial charge in [0, 0.05) is 72.5 Å². The SMILES string of the molecule is CCN1c2cc3c(cc2C(C)=CC1(C)C)C(c1cc(C(=O)ON2C(=O)CCC2=O)ccc1C(=O)O)=c1cc2c(cc1O3)=[N+](CC)C(C)(C)C=C2C. The normalized spacial score (nSPS) is 18.3. The first-order valence-electron chi connectivity index (χ1n) is 17.4. The lowest BCUT2D eigenvalue weighted by Crippen LogP contribution is -2.49. The number of aromatic carboxylic acids is 1. The van der Waals surface area contributed by atoms with Gasteiger partial charge in [-0.3, -0.25) is 9.59 Å². The van der Waals surface area contributed by atoms with Crippen LogP contribution in [0.15, 0.2) is 54.6 Å². The zero-order chi connectivity index (χ0) is 36.7.